The molecule has 0 spiro atoms. The number of pyridine rings is 1. The molecule has 0 aromatic carbocycles. The number of halogens is 1. The Morgan fingerprint density at radius 2 is 2.18 bits per heavy atom. The van der Waals surface area contributed by atoms with Crippen LogP contribution < -0.4 is 5.32 Å². The maximum Gasteiger partial charge on any atom is 0.0703 e. The zero-order valence-corrected chi connectivity index (χ0v) is 12.3. The van der Waals surface area contributed by atoms with Crippen molar-refractivity contribution >= 4 is 15.9 Å². The van der Waals surface area contributed by atoms with Crippen LogP contribution in [0.3, 0.4) is 0 Å². The topological polar surface area (TPSA) is 34.2 Å². The summed E-state index contributed by atoms with van der Waals surface area (Å²) in [6.07, 6.45) is 2.93. The van der Waals surface area contributed by atoms with Gasteiger partial charge < -0.3 is 10.1 Å². The molecule has 3 nitrogen and oxygen atoms in total. The van der Waals surface area contributed by atoms with Gasteiger partial charge in [-0.3, -0.25) is 4.98 Å². The van der Waals surface area contributed by atoms with Crippen molar-refractivity contribution in [3.05, 3.63) is 28.5 Å². The van der Waals surface area contributed by atoms with Crippen LogP contribution in [-0.2, 0) is 11.2 Å². The van der Waals surface area contributed by atoms with Gasteiger partial charge >= 0.3 is 0 Å². The molecule has 4 heteroatoms. The van der Waals surface area contributed by atoms with E-state index in [1.54, 1.807) is 0 Å². The lowest BCUT2D eigenvalue weighted by Crippen LogP contribution is -2.41. The normalized spacial score (nSPS) is 14.6. The zero-order chi connectivity index (χ0) is 12.7. The van der Waals surface area contributed by atoms with Crippen LogP contribution in [0.1, 0.15) is 26.5 Å². The molecular weight excluding hydrogens is 280 g/mol. The van der Waals surface area contributed by atoms with Crippen LogP contribution in [0.5, 0.6) is 0 Å². The van der Waals surface area contributed by atoms with E-state index in [0.717, 1.165) is 29.7 Å². The number of aromatic nitrogens is 1. The Bertz CT molecular complexity index is 316. The summed E-state index contributed by atoms with van der Waals surface area (Å²) in [6.45, 7) is 7.93. The molecule has 0 radical (unpaired) electrons. The van der Waals surface area contributed by atoms with E-state index < -0.39 is 0 Å². The molecule has 0 bridgehead atoms. The highest BCUT2D eigenvalue weighted by Crippen LogP contribution is 2.11. The molecule has 1 rings (SSSR count). The fraction of sp³-hybridized carbons (Fsp3) is 0.615. The molecule has 2 atom stereocenters. The van der Waals surface area contributed by atoms with Crippen LogP contribution in [0.4, 0.5) is 0 Å². The number of nitrogens with one attached hydrogen (secondary N) is 1. The second-order valence-corrected chi connectivity index (χ2v) is 4.91. The average Bonchev–Trinajstić information content (AvgIpc) is 2.31. The van der Waals surface area contributed by atoms with Gasteiger partial charge in [-0.2, -0.15) is 0 Å². The van der Waals surface area contributed by atoms with Crippen LogP contribution in [0, 0.1) is 0 Å². The Labute approximate surface area is 112 Å². The minimum atomic E-state index is 0.199. The number of likely N-dealkylation sites (N-methyl/N-ethyl adjacent to an activating group) is 1. The monoisotopic (exact) mass is 300 g/mol. The maximum atomic E-state index is 5.65. The van der Waals surface area contributed by atoms with Crippen LogP contribution in [0.15, 0.2) is 22.8 Å². The van der Waals surface area contributed by atoms with Gasteiger partial charge in [-0.1, -0.05) is 6.92 Å². The lowest BCUT2D eigenvalue weighted by Gasteiger charge is -2.24. The summed E-state index contributed by atoms with van der Waals surface area (Å²) in [5.41, 5.74) is 1.09. The molecule has 0 amide bonds. The van der Waals surface area contributed by atoms with E-state index in [2.05, 4.69) is 40.1 Å². The molecule has 17 heavy (non-hydrogen) atoms. The predicted molar refractivity (Wildman–Crippen MR) is 74.2 cm³/mol. The van der Waals surface area contributed by atoms with E-state index in [1.807, 2.05) is 25.3 Å². The Morgan fingerprint density at radius 3 is 2.71 bits per heavy atom. The third-order valence-electron chi connectivity index (χ3n) is 2.68. The van der Waals surface area contributed by atoms with E-state index >= 15 is 0 Å². The Morgan fingerprint density at radius 1 is 1.41 bits per heavy atom. The van der Waals surface area contributed by atoms with Gasteiger partial charge in [0.05, 0.1) is 6.10 Å². The fourth-order valence-corrected chi connectivity index (χ4v) is 2.03. The Kier molecular flexibility index (Phi) is 6.70. The van der Waals surface area contributed by atoms with Crippen molar-refractivity contribution in [2.24, 2.45) is 0 Å². The van der Waals surface area contributed by atoms with Gasteiger partial charge in [-0.15, -0.1) is 0 Å². The summed E-state index contributed by atoms with van der Waals surface area (Å²) in [7, 11) is 0. The SMILES string of the molecule is CCNC(Cc1ccc(Br)cn1)C(C)OCC. The van der Waals surface area contributed by atoms with Crippen LogP contribution in [0.2, 0.25) is 0 Å². The lowest BCUT2D eigenvalue weighted by atomic mass is 10.1. The quantitative estimate of drug-likeness (QED) is 0.841. The summed E-state index contributed by atoms with van der Waals surface area (Å²) in [6, 6.07) is 4.39. The first-order valence-electron chi connectivity index (χ1n) is 6.12. The number of hydrogen-bond donors (Lipinski definition) is 1. The third kappa shape index (κ3) is 5.15. The van der Waals surface area contributed by atoms with E-state index in [1.165, 1.54) is 0 Å². The van der Waals surface area contributed by atoms with Crippen molar-refractivity contribution in [2.45, 2.75) is 39.3 Å². The zero-order valence-electron chi connectivity index (χ0n) is 10.7. The maximum absolute atomic E-state index is 5.65. The summed E-state index contributed by atoms with van der Waals surface area (Å²) < 4.78 is 6.67. The molecule has 1 aromatic rings. The van der Waals surface area contributed by atoms with Gasteiger partial charge in [0.25, 0.3) is 0 Å². The minimum Gasteiger partial charge on any atom is -0.377 e. The van der Waals surface area contributed by atoms with E-state index in [0.29, 0.717) is 6.04 Å². The largest absolute Gasteiger partial charge is 0.377 e. The Hall–Kier alpha value is -0.450. The molecule has 1 heterocycles. The summed E-state index contributed by atoms with van der Waals surface area (Å²) >= 11 is 3.39. The molecule has 96 valence electrons. The smallest absolute Gasteiger partial charge is 0.0703 e. The summed E-state index contributed by atoms with van der Waals surface area (Å²) in [4.78, 5) is 4.40. The van der Waals surface area contributed by atoms with Gasteiger partial charge in [0, 0.05) is 35.4 Å². The van der Waals surface area contributed by atoms with Gasteiger partial charge in [0.15, 0.2) is 0 Å². The standard InChI is InChI=1S/C13H21BrN2O/c1-4-15-13(10(3)17-5-2)8-12-7-6-11(14)9-16-12/h6-7,9-10,13,15H,4-5,8H2,1-3H3. The molecule has 1 aromatic heterocycles. The highest BCUT2D eigenvalue weighted by atomic mass is 79.9. The molecule has 0 fully saturated rings. The van der Waals surface area contributed by atoms with Crippen LogP contribution in [-0.4, -0.2) is 30.3 Å². The van der Waals surface area contributed by atoms with Gasteiger partial charge in [-0.05, 0) is 48.5 Å². The first kappa shape index (κ1) is 14.6. The van der Waals surface area contributed by atoms with Crippen molar-refractivity contribution in [1.29, 1.82) is 0 Å². The summed E-state index contributed by atoms with van der Waals surface area (Å²) in [5, 5.41) is 3.45. The van der Waals surface area contributed by atoms with E-state index in [-0.39, 0.29) is 6.10 Å². The molecule has 0 saturated carbocycles. The molecule has 1 N–H and O–H groups in total. The molecular formula is C13H21BrN2O. The van der Waals surface area contributed by atoms with Crippen molar-refractivity contribution in [1.82, 2.24) is 10.3 Å². The van der Waals surface area contributed by atoms with Crippen LogP contribution >= 0.6 is 15.9 Å². The van der Waals surface area contributed by atoms with Gasteiger partial charge in [0.1, 0.15) is 0 Å². The molecule has 2 unspecified atom stereocenters. The second kappa shape index (κ2) is 7.80. The van der Waals surface area contributed by atoms with E-state index in [9.17, 15) is 0 Å². The molecule has 0 saturated heterocycles. The van der Waals surface area contributed by atoms with Gasteiger partial charge in [-0.25, -0.2) is 0 Å². The number of hydrogen-bond acceptors (Lipinski definition) is 3. The Balaban J connectivity index is 2.62. The average molecular weight is 301 g/mol. The lowest BCUT2D eigenvalue weighted by molar-refractivity contribution is 0.0478. The number of nitrogens with zero attached hydrogens (tertiary/aromatic N) is 1. The molecule has 0 aliphatic carbocycles. The first-order valence-corrected chi connectivity index (χ1v) is 6.92. The summed E-state index contributed by atoms with van der Waals surface area (Å²) in [5.74, 6) is 0. The minimum absolute atomic E-state index is 0.199. The van der Waals surface area contributed by atoms with Crippen molar-refractivity contribution in [2.75, 3.05) is 13.2 Å². The van der Waals surface area contributed by atoms with Crippen molar-refractivity contribution in [3.8, 4) is 0 Å². The second-order valence-electron chi connectivity index (χ2n) is 4.00. The fourth-order valence-electron chi connectivity index (χ4n) is 1.80. The predicted octanol–water partition coefficient (Wildman–Crippen LogP) is 2.79. The van der Waals surface area contributed by atoms with Crippen molar-refractivity contribution < 1.29 is 4.74 Å². The molecule has 0 aliphatic rings. The van der Waals surface area contributed by atoms with Crippen molar-refractivity contribution in [3.63, 3.8) is 0 Å². The first-order chi connectivity index (χ1) is 8.17. The highest BCUT2D eigenvalue weighted by molar-refractivity contribution is 9.10. The molecule has 0 aliphatic heterocycles. The highest BCUT2D eigenvalue weighted by Gasteiger charge is 2.17. The third-order valence-corrected chi connectivity index (χ3v) is 3.15. The number of ether oxygens (including phenoxy) is 1. The van der Waals surface area contributed by atoms with Gasteiger partial charge in [0.2, 0.25) is 0 Å². The number of rotatable bonds is 7. The van der Waals surface area contributed by atoms with E-state index in [4.69, 9.17) is 4.74 Å². The van der Waals surface area contributed by atoms with Crippen LogP contribution in [0.25, 0.3) is 0 Å².